The van der Waals surface area contributed by atoms with Crippen molar-refractivity contribution < 1.29 is 19.2 Å². The summed E-state index contributed by atoms with van der Waals surface area (Å²) in [5.74, 6) is 0.845. The van der Waals surface area contributed by atoms with Gasteiger partial charge in [-0.2, -0.15) is 0 Å². The molecule has 2 aromatic carbocycles. The molecule has 1 heterocycles. The molecule has 0 aliphatic heterocycles. The van der Waals surface area contributed by atoms with Gasteiger partial charge >= 0.3 is 0 Å². The fraction of sp³-hybridized carbons (Fsp3) is 0.182. The number of ketones is 1. The highest BCUT2D eigenvalue weighted by Crippen LogP contribution is 2.18. The minimum absolute atomic E-state index is 0. The van der Waals surface area contributed by atoms with Crippen LogP contribution >= 0.6 is 0 Å². The number of aryl methyl sites for hydroxylation is 1. The van der Waals surface area contributed by atoms with Crippen LogP contribution in [0.3, 0.4) is 0 Å². The molecule has 0 aliphatic carbocycles. The van der Waals surface area contributed by atoms with E-state index in [0.717, 1.165) is 16.8 Å². The quantitative estimate of drug-likeness (QED) is 0.583. The Morgan fingerprint density at radius 3 is 2.55 bits per heavy atom. The maximum absolute atomic E-state index is 12.5. The van der Waals surface area contributed by atoms with Crippen LogP contribution in [0.2, 0.25) is 0 Å². The molecule has 0 fully saturated rings. The van der Waals surface area contributed by atoms with Crippen LogP contribution in [0.15, 0.2) is 78.0 Å². The van der Waals surface area contributed by atoms with Crippen molar-refractivity contribution in [3.63, 3.8) is 0 Å². The van der Waals surface area contributed by atoms with Crippen molar-refractivity contribution >= 4 is 22.5 Å². The van der Waals surface area contributed by atoms with E-state index in [1.807, 2.05) is 36.4 Å². The number of ether oxygens (including phenoxy) is 1. The number of aromatic nitrogens is 1. The summed E-state index contributed by atoms with van der Waals surface area (Å²) < 4.78 is 20.6. The minimum atomic E-state index is -1.39. The van der Waals surface area contributed by atoms with Gasteiger partial charge in [-0.05, 0) is 53.9 Å². The van der Waals surface area contributed by atoms with Crippen LogP contribution < -0.4 is 9.46 Å². The fourth-order valence-corrected chi connectivity index (χ4v) is 3.61. The third kappa shape index (κ3) is 6.81. The molecule has 1 aromatic heterocycles. The number of nitrogens with one attached hydrogen (secondary N) is 1. The van der Waals surface area contributed by atoms with E-state index < -0.39 is 11.0 Å². The Hall–Kier alpha value is -3.03. The summed E-state index contributed by atoms with van der Waals surface area (Å²) in [5.41, 5.74) is 2.73. The zero-order valence-electron chi connectivity index (χ0n) is 16.1. The van der Waals surface area contributed by atoms with E-state index in [0.29, 0.717) is 29.9 Å². The topological polar surface area (TPSA) is 99.8 Å². The van der Waals surface area contributed by atoms with E-state index in [1.54, 1.807) is 43.8 Å². The average molecular weight is 413 g/mol. The van der Waals surface area contributed by atoms with Crippen molar-refractivity contribution in [3.05, 3.63) is 84.2 Å². The average Bonchev–Trinajstić information content (AvgIpc) is 2.74. The van der Waals surface area contributed by atoms with Gasteiger partial charge in [0.15, 0.2) is 0 Å². The third-order valence-corrected chi connectivity index (χ3v) is 5.34. The molecule has 3 N–H and O–H groups in total. The standard InChI is InChI=1S/C22H22N2O3S.H2O/c1-27-21-5-2-6-22(15-21)28(26)24-19-10-7-17(8-11-19)14-20(25)12-9-18-4-3-13-23-16-18;/h2-8,10-11,13,15-16,24H,9,12,14H2,1H3;1H2. The fourth-order valence-electron chi connectivity index (χ4n) is 2.72. The molecule has 1 unspecified atom stereocenters. The van der Waals surface area contributed by atoms with E-state index >= 15 is 0 Å². The highest BCUT2D eigenvalue weighted by molar-refractivity contribution is 7.86. The van der Waals surface area contributed by atoms with Crippen LogP contribution in [0.1, 0.15) is 17.5 Å². The Bertz CT molecular complexity index is 947. The van der Waals surface area contributed by atoms with Crippen molar-refractivity contribution in [2.24, 2.45) is 0 Å². The summed E-state index contributed by atoms with van der Waals surface area (Å²) >= 11 is 0. The highest BCUT2D eigenvalue weighted by atomic mass is 32.2. The Morgan fingerprint density at radius 2 is 1.86 bits per heavy atom. The first-order valence-electron chi connectivity index (χ1n) is 8.96. The van der Waals surface area contributed by atoms with Crippen LogP contribution in [0, 0.1) is 0 Å². The highest BCUT2D eigenvalue weighted by Gasteiger charge is 2.07. The third-order valence-electron chi connectivity index (χ3n) is 4.24. The lowest BCUT2D eigenvalue weighted by molar-refractivity contribution is -0.118. The van der Waals surface area contributed by atoms with Gasteiger partial charge in [0.25, 0.3) is 0 Å². The zero-order valence-corrected chi connectivity index (χ0v) is 16.9. The number of carbonyl (C=O) groups excluding carboxylic acids is 1. The van der Waals surface area contributed by atoms with Gasteiger partial charge in [0.2, 0.25) is 0 Å². The van der Waals surface area contributed by atoms with Gasteiger partial charge in [0, 0.05) is 30.9 Å². The SMILES string of the molecule is COc1cccc(S(=O)Nc2ccc(CC(=O)CCc3cccnc3)cc2)c1.O. The van der Waals surface area contributed by atoms with Crippen LogP contribution in [0.25, 0.3) is 0 Å². The van der Waals surface area contributed by atoms with Gasteiger partial charge < -0.3 is 14.9 Å². The number of carbonyl (C=O) groups is 1. The summed E-state index contributed by atoms with van der Waals surface area (Å²) in [7, 11) is 0.185. The number of rotatable bonds is 9. The smallest absolute Gasteiger partial charge is 0.150 e. The molecule has 29 heavy (non-hydrogen) atoms. The number of pyridine rings is 1. The number of nitrogens with zero attached hydrogens (tertiary/aromatic N) is 1. The van der Waals surface area contributed by atoms with Crippen molar-refractivity contribution in [2.75, 3.05) is 11.8 Å². The second-order valence-corrected chi connectivity index (χ2v) is 7.54. The number of hydrogen-bond donors (Lipinski definition) is 1. The molecular weight excluding hydrogens is 388 g/mol. The molecule has 0 saturated carbocycles. The van der Waals surface area contributed by atoms with Gasteiger partial charge in [0.1, 0.15) is 22.5 Å². The molecule has 3 aromatic rings. The number of Topliss-reactive ketones (excluding diaryl/α,β-unsaturated/α-hetero) is 1. The molecule has 1 atom stereocenters. The summed E-state index contributed by atoms with van der Waals surface area (Å²) in [5, 5.41) is 0. The van der Waals surface area contributed by atoms with Gasteiger partial charge in [-0.3, -0.25) is 9.78 Å². The van der Waals surface area contributed by atoms with Crippen LogP contribution in [0.4, 0.5) is 5.69 Å². The molecule has 0 aliphatic rings. The maximum atomic E-state index is 12.5. The van der Waals surface area contributed by atoms with Crippen LogP contribution in [-0.2, 0) is 28.6 Å². The molecule has 0 radical (unpaired) electrons. The number of anilines is 1. The second-order valence-electron chi connectivity index (χ2n) is 6.32. The molecule has 0 amide bonds. The Labute approximate surface area is 172 Å². The zero-order chi connectivity index (χ0) is 19.8. The largest absolute Gasteiger partial charge is 0.497 e. The molecule has 3 rings (SSSR count). The predicted octanol–water partition coefficient (Wildman–Crippen LogP) is 3.14. The number of hydrogen-bond acceptors (Lipinski definition) is 4. The second kappa shape index (κ2) is 11.1. The summed E-state index contributed by atoms with van der Waals surface area (Å²) in [4.78, 5) is 16.9. The molecular formula is C22H24N2O4S. The normalized spacial score (nSPS) is 11.2. The first-order valence-corrected chi connectivity index (χ1v) is 10.1. The van der Waals surface area contributed by atoms with E-state index in [1.165, 1.54) is 0 Å². The summed E-state index contributed by atoms with van der Waals surface area (Å²) in [6.07, 6.45) is 5.09. The van der Waals surface area contributed by atoms with E-state index in [4.69, 9.17) is 4.74 Å². The van der Waals surface area contributed by atoms with E-state index in [2.05, 4.69) is 9.71 Å². The van der Waals surface area contributed by atoms with Crippen LogP contribution in [-0.4, -0.2) is 27.6 Å². The molecule has 0 spiro atoms. The van der Waals surface area contributed by atoms with Crippen molar-refractivity contribution in [1.29, 1.82) is 0 Å². The molecule has 7 heteroatoms. The minimum Gasteiger partial charge on any atom is -0.497 e. The molecule has 152 valence electrons. The van der Waals surface area contributed by atoms with Gasteiger partial charge in [0.05, 0.1) is 12.0 Å². The summed E-state index contributed by atoms with van der Waals surface area (Å²) in [6.45, 7) is 0. The van der Waals surface area contributed by atoms with Gasteiger partial charge in [-0.25, -0.2) is 4.21 Å². The Balaban J connectivity index is 0.00000300. The molecule has 0 saturated heterocycles. The van der Waals surface area contributed by atoms with Gasteiger partial charge in [-0.1, -0.05) is 24.3 Å². The summed E-state index contributed by atoms with van der Waals surface area (Å²) in [6, 6.07) is 18.4. The first-order chi connectivity index (χ1) is 13.6. The van der Waals surface area contributed by atoms with Crippen molar-refractivity contribution in [3.8, 4) is 5.75 Å². The number of methoxy groups -OCH3 is 1. The lowest BCUT2D eigenvalue weighted by Gasteiger charge is -2.08. The van der Waals surface area contributed by atoms with Crippen LogP contribution in [0.5, 0.6) is 5.75 Å². The number of benzene rings is 2. The van der Waals surface area contributed by atoms with E-state index in [9.17, 15) is 9.00 Å². The van der Waals surface area contributed by atoms with Crippen molar-refractivity contribution in [2.45, 2.75) is 24.2 Å². The Morgan fingerprint density at radius 1 is 1.07 bits per heavy atom. The predicted molar refractivity (Wildman–Crippen MR) is 114 cm³/mol. The van der Waals surface area contributed by atoms with Gasteiger partial charge in [-0.15, -0.1) is 0 Å². The lowest BCUT2D eigenvalue weighted by atomic mass is 10.0. The van der Waals surface area contributed by atoms with E-state index in [-0.39, 0.29) is 11.3 Å². The maximum Gasteiger partial charge on any atom is 0.150 e. The lowest BCUT2D eigenvalue weighted by Crippen LogP contribution is -2.06. The Kier molecular flexibility index (Phi) is 8.51. The monoisotopic (exact) mass is 412 g/mol. The van der Waals surface area contributed by atoms with Crippen molar-refractivity contribution in [1.82, 2.24) is 4.98 Å². The molecule has 0 bridgehead atoms. The molecule has 6 nitrogen and oxygen atoms in total. The first kappa shape index (κ1) is 22.3.